The molecule has 0 aromatic carbocycles. The lowest BCUT2D eigenvalue weighted by Crippen LogP contribution is -2.46. The van der Waals surface area contributed by atoms with E-state index in [1.54, 1.807) is 13.1 Å². The van der Waals surface area contributed by atoms with Crippen LogP contribution in [-0.4, -0.2) is 58.0 Å². The Morgan fingerprint density at radius 3 is 2.79 bits per heavy atom. The number of nitrogens with zero attached hydrogens (tertiary/aromatic N) is 4. The first-order valence-electron chi connectivity index (χ1n) is 11.8. The average Bonchev–Trinajstić information content (AvgIpc) is 3.27. The number of H-pyrrole nitrogens is 1. The van der Waals surface area contributed by atoms with Crippen molar-refractivity contribution in [3.05, 3.63) is 63.3 Å². The highest BCUT2D eigenvalue weighted by molar-refractivity contribution is 5.92. The summed E-state index contributed by atoms with van der Waals surface area (Å²) in [6, 6.07) is 6.83. The van der Waals surface area contributed by atoms with Gasteiger partial charge >= 0.3 is 0 Å². The Hall–Kier alpha value is -3.26. The summed E-state index contributed by atoms with van der Waals surface area (Å²) < 4.78 is 0. The smallest absolute Gasteiger partial charge is 0.269 e. The number of carbonyl (C=O) groups is 1. The van der Waals surface area contributed by atoms with Crippen LogP contribution in [0.15, 0.2) is 35.4 Å². The summed E-state index contributed by atoms with van der Waals surface area (Å²) >= 11 is 0. The average molecular weight is 445 g/mol. The van der Waals surface area contributed by atoms with E-state index in [4.69, 9.17) is 4.98 Å². The summed E-state index contributed by atoms with van der Waals surface area (Å²) in [4.78, 5) is 41.4. The fraction of sp³-hybridized carbons (Fsp3) is 0.440. The third-order valence-corrected chi connectivity index (χ3v) is 7.59. The predicted molar refractivity (Wildman–Crippen MR) is 127 cm³/mol. The van der Waals surface area contributed by atoms with E-state index in [1.165, 1.54) is 0 Å². The maximum absolute atomic E-state index is 12.4. The van der Waals surface area contributed by atoms with Crippen molar-refractivity contribution in [1.29, 1.82) is 0 Å². The second kappa shape index (κ2) is 7.66. The first-order chi connectivity index (χ1) is 16.0. The monoisotopic (exact) mass is 444 g/mol. The maximum Gasteiger partial charge on any atom is 0.269 e. The van der Waals surface area contributed by atoms with Crippen LogP contribution in [0.2, 0.25) is 0 Å². The van der Waals surface area contributed by atoms with E-state index in [0.717, 1.165) is 72.3 Å². The van der Waals surface area contributed by atoms with Crippen molar-refractivity contribution in [2.45, 2.75) is 44.8 Å². The number of rotatable bonds is 4. The molecule has 8 heteroatoms. The molecular weight excluding hydrogens is 416 g/mol. The number of piperazine rings is 1. The van der Waals surface area contributed by atoms with E-state index in [1.807, 2.05) is 18.5 Å². The maximum atomic E-state index is 12.4. The van der Waals surface area contributed by atoms with Crippen LogP contribution < -0.4 is 15.8 Å². The van der Waals surface area contributed by atoms with Crippen molar-refractivity contribution < 1.29 is 4.79 Å². The molecule has 3 aromatic rings. The van der Waals surface area contributed by atoms with Gasteiger partial charge in [0.2, 0.25) is 0 Å². The number of aromatic amines is 1. The number of pyridine rings is 3. The fourth-order valence-electron chi connectivity index (χ4n) is 5.89. The number of hydrogen-bond donors (Lipinski definition) is 2. The highest BCUT2D eigenvalue weighted by Gasteiger charge is 2.56. The Bertz CT molecular complexity index is 1300. The number of amides is 1. The molecule has 33 heavy (non-hydrogen) atoms. The topological polar surface area (TPSA) is 94.2 Å². The number of hydrogen-bond acceptors (Lipinski definition) is 6. The zero-order valence-corrected chi connectivity index (χ0v) is 19.0. The van der Waals surface area contributed by atoms with Crippen LogP contribution in [0.4, 0.5) is 5.69 Å². The highest BCUT2D eigenvalue weighted by Crippen LogP contribution is 2.45. The van der Waals surface area contributed by atoms with E-state index < -0.39 is 0 Å². The molecule has 170 valence electrons. The molecule has 3 aromatic heterocycles. The van der Waals surface area contributed by atoms with Gasteiger partial charge < -0.3 is 15.2 Å². The molecule has 6 rings (SSSR count). The van der Waals surface area contributed by atoms with Gasteiger partial charge in [-0.05, 0) is 54.5 Å². The lowest BCUT2D eigenvalue weighted by Gasteiger charge is -2.35. The molecule has 1 aliphatic heterocycles. The van der Waals surface area contributed by atoms with Crippen LogP contribution in [0.5, 0.6) is 0 Å². The third-order valence-electron chi connectivity index (χ3n) is 7.59. The van der Waals surface area contributed by atoms with E-state index in [2.05, 4.69) is 38.1 Å². The minimum absolute atomic E-state index is 0.0505. The molecule has 1 amide bonds. The van der Waals surface area contributed by atoms with Gasteiger partial charge in [0, 0.05) is 50.5 Å². The molecule has 1 saturated carbocycles. The standard InChI is InChI=1S/C25H28N6O2/c1-14-22-23(14)31(16-6-7-19(27-12-16)25(33)26-2)9-8-30(22)13-15-10-20-21(28-11-15)17-4-3-5-18(17)24(32)29-20/h6-7,10-12,14,22-23H,3-5,8-9,13H2,1-2H3,(H,26,33)(H,29,32)/t14-,22+,23-/m0/s1. The number of carbonyl (C=O) groups excluding carboxylic acids is 1. The van der Waals surface area contributed by atoms with Gasteiger partial charge in [-0.2, -0.15) is 0 Å². The molecular formula is C25H28N6O2. The molecule has 8 nitrogen and oxygen atoms in total. The minimum Gasteiger partial charge on any atom is -0.364 e. The number of aromatic nitrogens is 3. The SMILES string of the molecule is CNC(=O)c1ccc(N2CCN(Cc3cnc4c5c(c(=O)[nH]c4c3)CCC5)[C@@H]3[C@H](C)[C@@H]32)cn1. The Morgan fingerprint density at radius 1 is 1.15 bits per heavy atom. The Morgan fingerprint density at radius 2 is 2.00 bits per heavy atom. The molecule has 4 heterocycles. The van der Waals surface area contributed by atoms with Crippen molar-refractivity contribution in [2.75, 3.05) is 25.0 Å². The van der Waals surface area contributed by atoms with Gasteiger partial charge in [0.25, 0.3) is 11.5 Å². The van der Waals surface area contributed by atoms with Crippen LogP contribution in [0.3, 0.4) is 0 Å². The second-order valence-corrected chi connectivity index (χ2v) is 9.49. The van der Waals surface area contributed by atoms with Crippen LogP contribution in [0.25, 0.3) is 11.0 Å². The minimum atomic E-state index is -0.167. The van der Waals surface area contributed by atoms with Gasteiger partial charge in [-0.25, -0.2) is 4.98 Å². The zero-order valence-electron chi connectivity index (χ0n) is 19.0. The lowest BCUT2D eigenvalue weighted by atomic mass is 10.1. The molecule has 2 aliphatic carbocycles. The summed E-state index contributed by atoms with van der Waals surface area (Å²) in [6.07, 6.45) is 6.64. The molecule has 2 fully saturated rings. The molecule has 1 saturated heterocycles. The zero-order chi connectivity index (χ0) is 22.7. The summed E-state index contributed by atoms with van der Waals surface area (Å²) in [5.74, 6) is 0.391. The van der Waals surface area contributed by atoms with Gasteiger partial charge in [-0.1, -0.05) is 6.92 Å². The number of nitrogens with one attached hydrogen (secondary N) is 2. The third kappa shape index (κ3) is 3.31. The molecule has 0 spiro atoms. The van der Waals surface area contributed by atoms with Gasteiger partial charge in [0.05, 0.1) is 22.9 Å². The van der Waals surface area contributed by atoms with Crippen molar-refractivity contribution in [3.63, 3.8) is 0 Å². The summed E-state index contributed by atoms with van der Waals surface area (Å²) in [5.41, 5.74) is 6.58. The first-order valence-corrected chi connectivity index (χ1v) is 11.8. The Kier molecular flexibility index (Phi) is 4.72. The van der Waals surface area contributed by atoms with E-state index >= 15 is 0 Å². The first kappa shape index (κ1) is 20.4. The lowest BCUT2D eigenvalue weighted by molar-refractivity contribution is 0.0958. The summed E-state index contributed by atoms with van der Waals surface area (Å²) in [5, 5.41) is 2.61. The normalized spacial score (nSPS) is 23.9. The van der Waals surface area contributed by atoms with Gasteiger partial charge in [-0.15, -0.1) is 0 Å². The second-order valence-electron chi connectivity index (χ2n) is 9.49. The van der Waals surface area contributed by atoms with Crippen molar-refractivity contribution in [2.24, 2.45) is 5.92 Å². The van der Waals surface area contributed by atoms with Crippen molar-refractivity contribution in [1.82, 2.24) is 25.2 Å². The van der Waals surface area contributed by atoms with Gasteiger partial charge in [0.15, 0.2) is 0 Å². The molecule has 3 aliphatic rings. The van der Waals surface area contributed by atoms with Gasteiger partial charge in [-0.3, -0.25) is 19.5 Å². The van der Waals surface area contributed by atoms with Crippen LogP contribution >= 0.6 is 0 Å². The number of fused-ring (bicyclic) bond motifs is 4. The van der Waals surface area contributed by atoms with E-state index in [-0.39, 0.29) is 11.5 Å². The van der Waals surface area contributed by atoms with Crippen LogP contribution in [0, 0.1) is 5.92 Å². The van der Waals surface area contributed by atoms with Crippen LogP contribution in [-0.2, 0) is 19.4 Å². The quantitative estimate of drug-likeness (QED) is 0.638. The molecule has 2 N–H and O–H groups in total. The van der Waals surface area contributed by atoms with Crippen molar-refractivity contribution in [3.8, 4) is 0 Å². The largest absolute Gasteiger partial charge is 0.364 e. The highest BCUT2D eigenvalue weighted by atomic mass is 16.1. The molecule has 0 radical (unpaired) electrons. The van der Waals surface area contributed by atoms with Crippen molar-refractivity contribution >= 4 is 22.6 Å². The van der Waals surface area contributed by atoms with E-state index in [9.17, 15) is 9.59 Å². The molecule has 3 atom stereocenters. The molecule has 0 bridgehead atoms. The predicted octanol–water partition coefficient (Wildman–Crippen LogP) is 1.88. The van der Waals surface area contributed by atoms with Crippen LogP contribution in [0.1, 0.15) is 40.5 Å². The van der Waals surface area contributed by atoms with E-state index in [0.29, 0.717) is 23.7 Å². The van der Waals surface area contributed by atoms with Gasteiger partial charge in [0.1, 0.15) is 5.69 Å². The molecule has 0 unspecified atom stereocenters. The number of anilines is 1. The Balaban J connectivity index is 1.20. The Labute approximate surface area is 192 Å². The summed E-state index contributed by atoms with van der Waals surface area (Å²) in [6.45, 7) is 4.99. The fourth-order valence-corrected chi connectivity index (χ4v) is 5.89. The number of aryl methyl sites for hydroxylation is 1. The summed E-state index contributed by atoms with van der Waals surface area (Å²) in [7, 11) is 1.61.